The largest absolute Gasteiger partial charge is 0.445 e. The van der Waals surface area contributed by atoms with Crippen LogP contribution in [0.5, 0.6) is 0 Å². The summed E-state index contributed by atoms with van der Waals surface area (Å²) in [7, 11) is 0. The molecule has 0 aliphatic carbocycles. The minimum Gasteiger partial charge on any atom is -0.445 e. The Morgan fingerprint density at radius 1 is 1.23 bits per heavy atom. The van der Waals surface area contributed by atoms with Crippen molar-refractivity contribution in [2.24, 2.45) is 0 Å². The molecular weight excluding hydrogens is 283 g/mol. The highest BCUT2D eigenvalue weighted by Gasteiger charge is 2.00. The Kier molecular flexibility index (Phi) is 5.54. The van der Waals surface area contributed by atoms with Crippen molar-refractivity contribution >= 4 is 17.9 Å². The van der Waals surface area contributed by atoms with Gasteiger partial charge in [0.05, 0.1) is 0 Å². The van der Waals surface area contributed by atoms with Crippen LogP contribution in [-0.2, 0) is 11.3 Å². The molecule has 2 rings (SSSR count). The standard InChI is InChI=1S/C17H17FN2O2/c18-15-9-14(10-16(19)11-15)7-4-8-20-17(21)22-12-13-5-2-1-3-6-13/h1-7,9-11H,8,12,19H2,(H,20,21). The summed E-state index contributed by atoms with van der Waals surface area (Å²) in [6.45, 7) is 0.501. The van der Waals surface area contributed by atoms with Gasteiger partial charge in [0.2, 0.25) is 0 Å². The van der Waals surface area contributed by atoms with E-state index in [1.165, 1.54) is 12.1 Å². The van der Waals surface area contributed by atoms with Crippen LogP contribution >= 0.6 is 0 Å². The lowest BCUT2D eigenvalue weighted by atomic mass is 10.2. The Bertz CT molecular complexity index is 637. The molecular formula is C17H17FN2O2. The molecule has 0 aromatic heterocycles. The first-order valence-corrected chi connectivity index (χ1v) is 6.80. The average molecular weight is 300 g/mol. The van der Waals surface area contributed by atoms with Gasteiger partial charge >= 0.3 is 6.09 Å². The summed E-state index contributed by atoms with van der Waals surface area (Å²) in [4.78, 5) is 11.5. The molecule has 1 amide bonds. The van der Waals surface area contributed by atoms with Crippen molar-refractivity contribution in [1.29, 1.82) is 0 Å². The number of hydrogen-bond acceptors (Lipinski definition) is 3. The number of amides is 1. The number of benzene rings is 2. The van der Waals surface area contributed by atoms with E-state index in [-0.39, 0.29) is 13.2 Å². The fraction of sp³-hybridized carbons (Fsp3) is 0.118. The molecule has 0 atom stereocenters. The smallest absolute Gasteiger partial charge is 0.407 e. The third kappa shape index (κ3) is 5.28. The number of nitrogens with one attached hydrogen (secondary N) is 1. The van der Waals surface area contributed by atoms with Crippen molar-refractivity contribution in [1.82, 2.24) is 5.32 Å². The van der Waals surface area contributed by atoms with Crippen LogP contribution in [0.2, 0.25) is 0 Å². The van der Waals surface area contributed by atoms with E-state index in [0.717, 1.165) is 5.56 Å². The van der Waals surface area contributed by atoms with Gasteiger partial charge in [0, 0.05) is 12.2 Å². The Hall–Kier alpha value is -2.82. The molecule has 0 saturated heterocycles. The SMILES string of the molecule is Nc1cc(F)cc(C=CCNC(=O)OCc2ccccc2)c1. The van der Waals surface area contributed by atoms with Gasteiger partial charge in [-0.15, -0.1) is 0 Å². The molecule has 2 aromatic rings. The number of hydrogen-bond donors (Lipinski definition) is 2. The van der Waals surface area contributed by atoms with Gasteiger partial charge in [-0.05, 0) is 29.3 Å². The van der Waals surface area contributed by atoms with Crippen LogP contribution in [0, 0.1) is 5.82 Å². The number of rotatable bonds is 5. The molecule has 4 nitrogen and oxygen atoms in total. The van der Waals surface area contributed by atoms with E-state index >= 15 is 0 Å². The maximum absolute atomic E-state index is 13.1. The first-order chi connectivity index (χ1) is 10.6. The second-order valence-corrected chi connectivity index (χ2v) is 4.66. The molecule has 0 heterocycles. The minimum absolute atomic E-state index is 0.219. The summed E-state index contributed by atoms with van der Waals surface area (Å²) in [6, 6.07) is 13.7. The fourth-order valence-electron chi connectivity index (χ4n) is 1.84. The van der Waals surface area contributed by atoms with Crippen LogP contribution in [0.15, 0.2) is 54.6 Å². The zero-order valence-corrected chi connectivity index (χ0v) is 12.0. The molecule has 0 aliphatic rings. The zero-order chi connectivity index (χ0) is 15.8. The molecule has 5 heteroatoms. The number of anilines is 1. The quantitative estimate of drug-likeness (QED) is 0.832. The van der Waals surface area contributed by atoms with Crippen molar-refractivity contribution in [3.63, 3.8) is 0 Å². The molecule has 22 heavy (non-hydrogen) atoms. The summed E-state index contributed by atoms with van der Waals surface area (Å²) >= 11 is 0. The topological polar surface area (TPSA) is 64.3 Å². The Labute approximate surface area is 128 Å². The molecule has 114 valence electrons. The lowest BCUT2D eigenvalue weighted by molar-refractivity contribution is 0.141. The molecule has 0 aliphatic heterocycles. The highest BCUT2D eigenvalue weighted by molar-refractivity contribution is 5.67. The van der Waals surface area contributed by atoms with Crippen molar-refractivity contribution in [2.45, 2.75) is 6.61 Å². The van der Waals surface area contributed by atoms with Crippen molar-refractivity contribution in [3.8, 4) is 0 Å². The second kappa shape index (κ2) is 7.83. The maximum Gasteiger partial charge on any atom is 0.407 e. The predicted molar refractivity (Wildman–Crippen MR) is 84.5 cm³/mol. The number of alkyl carbamates (subject to hydrolysis) is 1. The van der Waals surface area contributed by atoms with E-state index in [2.05, 4.69) is 5.32 Å². The van der Waals surface area contributed by atoms with Gasteiger partial charge in [-0.2, -0.15) is 0 Å². The van der Waals surface area contributed by atoms with Gasteiger partial charge in [0.1, 0.15) is 12.4 Å². The van der Waals surface area contributed by atoms with Gasteiger partial charge in [-0.1, -0.05) is 42.5 Å². The third-order valence-corrected chi connectivity index (χ3v) is 2.83. The monoisotopic (exact) mass is 300 g/mol. The van der Waals surface area contributed by atoms with Crippen molar-refractivity contribution < 1.29 is 13.9 Å². The van der Waals surface area contributed by atoms with Crippen LogP contribution in [-0.4, -0.2) is 12.6 Å². The highest BCUT2D eigenvalue weighted by atomic mass is 19.1. The normalized spacial score (nSPS) is 10.6. The Morgan fingerprint density at radius 3 is 2.73 bits per heavy atom. The van der Waals surface area contributed by atoms with Gasteiger partial charge in [0.25, 0.3) is 0 Å². The first-order valence-electron chi connectivity index (χ1n) is 6.80. The molecule has 3 N–H and O–H groups in total. The lowest BCUT2D eigenvalue weighted by Crippen LogP contribution is -2.24. The average Bonchev–Trinajstić information content (AvgIpc) is 2.50. The second-order valence-electron chi connectivity index (χ2n) is 4.66. The van der Waals surface area contributed by atoms with Crippen molar-refractivity contribution in [3.05, 3.63) is 71.6 Å². The molecule has 0 spiro atoms. The van der Waals surface area contributed by atoms with Crippen LogP contribution in [0.3, 0.4) is 0 Å². The Morgan fingerprint density at radius 2 is 2.00 bits per heavy atom. The summed E-state index contributed by atoms with van der Waals surface area (Å²) in [5, 5.41) is 2.58. The predicted octanol–water partition coefficient (Wildman–Crippen LogP) is 3.35. The van der Waals surface area contributed by atoms with Crippen molar-refractivity contribution in [2.75, 3.05) is 12.3 Å². The number of nitrogens with two attached hydrogens (primary N) is 1. The maximum atomic E-state index is 13.1. The molecule has 0 bridgehead atoms. The van der Waals surface area contributed by atoms with E-state index in [4.69, 9.17) is 10.5 Å². The number of halogens is 1. The summed E-state index contributed by atoms with van der Waals surface area (Å²) in [5.41, 5.74) is 7.46. The van der Waals surface area contributed by atoms with Crippen LogP contribution in [0.25, 0.3) is 6.08 Å². The minimum atomic E-state index is -0.507. The van der Waals surface area contributed by atoms with E-state index in [1.807, 2.05) is 30.3 Å². The summed E-state index contributed by atoms with van der Waals surface area (Å²) in [5.74, 6) is -0.394. The van der Waals surface area contributed by atoms with Crippen LogP contribution in [0.1, 0.15) is 11.1 Å². The first kappa shape index (κ1) is 15.6. The number of ether oxygens (including phenoxy) is 1. The summed E-state index contributed by atoms with van der Waals surface area (Å²) < 4.78 is 18.2. The number of carbonyl (C=O) groups excluding carboxylic acids is 1. The third-order valence-electron chi connectivity index (χ3n) is 2.83. The van der Waals surface area contributed by atoms with E-state index in [9.17, 15) is 9.18 Å². The molecule has 0 saturated carbocycles. The van der Waals surface area contributed by atoms with E-state index in [0.29, 0.717) is 11.3 Å². The Balaban J connectivity index is 1.73. The van der Waals surface area contributed by atoms with Gasteiger partial charge in [-0.25, -0.2) is 9.18 Å². The van der Waals surface area contributed by atoms with E-state index < -0.39 is 11.9 Å². The van der Waals surface area contributed by atoms with Crippen LogP contribution < -0.4 is 11.1 Å². The van der Waals surface area contributed by atoms with Crippen LogP contribution in [0.4, 0.5) is 14.9 Å². The fourth-order valence-corrected chi connectivity index (χ4v) is 1.84. The molecule has 0 radical (unpaired) electrons. The molecule has 0 fully saturated rings. The highest BCUT2D eigenvalue weighted by Crippen LogP contribution is 2.11. The van der Waals surface area contributed by atoms with Gasteiger partial charge in [0.15, 0.2) is 0 Å². The van der Waals surface area contributed by atoms with Gasteiger partial charge in [-0.3, -0.25) is 0 Å². The molecule has 2 aromatic carbocycles. The zero-order valence-electron chi connectivity index (χ0n) is 12.0. The van der Waals surface area contributed by atoms with E-state index in [1.54, 1.807) is 18.2 Å². The lowest BCUT2D eigenvalue weighted by Gasteiger charge is -2.05. The number of carbonyl (C=O) groups is 1. The number of nitrogen functional groups attached to an aromatic ring is 1. The molecule has 0 unspecified atom stereocenters. The summed E-state index contributed by atoms with van der Waals surface area (Å²) in [6.07, 6.45) is 2.86. The van der Waals surface area contributed by atoms with Gasteiger partial charge < -0.3 is 15.8 Å².